The van der Waals surface area contributed by atoms with E-state index in [0.29, 0.717) is 22.6 Å². The summed E-state index contributed by atoms with van der Waals surface area (Å²) < 4.78 is 35.1. The van der Waals surface area contributed by atoms with Gasteiger partial charge in [-0.15, -0.1) is 10.2 Å². The molecule has 196 valence electrons. The summed E-state index contributed by atoms with van der Waals surface area (Å²) >= 11 is 0. The molecule has 0 unspecified atom stereocenters. The first-order valence-electron chi connectivity index (χ1n) is 13.2. The highest BCUT2D eigenvalue weighted by molar-refractivity contribution is 6.58. The summed E-state index contributed by atoms with van der Waals surface area (Å²) in [6.07, 6.45) is 6.10. The van der Waals surface area contributed by atoms with Crippen molar-refractivity contribution in [2.24, 2.45) is 10.8 Å². The fraction of sp³-hybridized carbons (Fsp3) is 0.444. The Kier molecular flexibility index (Phi) is 6.47. The maximum atomic E-state index is 15.3. The van der Waals surface area contributed by atoms with Crippen molar-refractivity contribution in [1.82, 2.24) is 15.2 Å². The average molecular weight is 516 g/mol. The Morgan fingerprint density at radius 1 is 1.00 bits per heavy atom. The van der Waals surface area contributed by atoms with E-state index >= 15 is 4.39 Å². The Bertz CT molecular complexity index is 1350. The number of rotatable bonds is 6. The number of anilines is 1. The molecule has 0 spiro atoms. The van der Waals surface area contributed by atoms with Gasteiger partial charge in [-0.2, -0.15) is 9.37 Å². The van der Waals surface area contributed by atoms with Crippen LogP contribution in [-0.4, -0.2) is 62.2 Å². The molecule has 0 saturated heterocycles. The van der Waals surface area contributed by atoms with Gasteiger partial charge in [-0.1, -0.05) is 13.8 Å². The summed E-state index contributed by atoms with van der Waals surface area (Å²) in [5.74, 6) is -0.828. The van der Waals surface area contributed by atoms with Crippen molar-refractivity contribution in [3.63, 3.8) is 0 Å². The quantitative estimate of drug-likeness (QED) is 0.402. The molecule has 11 heteroatoms. The summed E-state index contributed by atoms with van der Waals surface area (Å²) in [6, 6.07) is 9.02. The first-order valence-corrected chi connectivity index (χ1v) is 13.2. The van der Waals surface area contributed by atoms with Crippen LogP contribution in [0.25, 0.3) is 22.4 Å². The highest BCUT2D eigenvalue weighted by Crippen LogP contribution is 2.58. The molecule has 1 aromatic carbocycles. The Morgan fingerprint density at radius 2 is 1.68 bits per heavy atom. The Morgan fingerprint density at radius 3 is 2.29 bits per heavy atom. The Hall–Kier alpha value is -3.10. The highest BCUT2D eigenvalue weighted by atomic mass is 19.1. The highest BCUT2D eigenvalue weighted by Gasteiger charge is 2.50. The van der Waals surface area contributed by atoms with Gasteiger partial charge in [-0.25, -0.2) is 4.39 Å². The van der Waals surface area contributed by atoms with Crippen LogP contribution in [-0.2, 0) is 0 Å². The molecule has 2 aliphatic carbocycles. The van der Waals surface area contributed by atoms with Gasteiger partial charge in [0.25, 0.3) is 0 Å². The fourth-order valence-electron chi connectivity index (χ4n) is 6.47. The van der Waals surface area contributed by atoms with Crippen LogP contribution in [0.5, 0.6) is 11.6 Å². The zero-order chi connectivity index (χ0) is 27.5. The Balaban J connectivity index is 1.39. The summed E-state index contributed by atoms with van der Waals surface area (Å²) in [6.45, 7) is 4.79. The summed E-state index contributed by atoms with van der Waals surface area (Å²) in [5.41, 5.74) is 1.56. The largest absolute Gasteiger partial charge is 0.507 e. The van der Waals surface area contributed by atoms with Crippen LogP contribution in [0.3, 0.4) is 0 Å². The van der Waals surface area contributed by atoms with Crippen LogP contribution in [0.2, 0.25) is 0 Å². The number of phenols is 1. The lowest BCUT2D eigenvalue weighted by Crippen LogP contribution is -2.42. The summed E-state index contributed by atoms with van der Waals surface area (Å²) in [4.78, 5) is 5.95. The van der Waals surface area contributed by atoms with Crippen LogP contribution in [0.1, 0.15) is 46.0 Å². The van der Waals surface area contributed by atoms with Crippen LogP contribution in [0.4, 0.5) is 14.6 Å². The molecule has 2 saturated carbocycles. The fourth-order valence-corrected chi connectivity index (χ4v) is 6.47. The van der Waals surface area contributed by atoms with Gasteiger partial charge in [0.2, 0.25) is 11.8 Å². The number of benzene rings is 1. The second-order valence-electron chi connectivity index (χ2n) is 12.8. The number of pyridine rings is 1. The van der Waals surface area contributed by atoms with E-state index in [1.54, 1.807) is 6.07 Å². The first-order chi connectivity index (χ1) is 17.7. The minimum Gasteiger partial charge on any atom is -0.507 e. The van der Waals surface area contributed by atoms with Gasteiger partial charge in [-0.05, 0) is 72.8 Å². The molecule has 2 heterocycles. The first kappa shape index (κ1) is 26.5. The monoisotopic (exact) mass is 516 g/mol. The van der Waals surface area contributed by atoms with Crippen LogP contribution < -0.4 is 9.64 Å². The van der Waals surface area contributed by atoms with E-state index in [1.165, 1.54) is 37.5 Å². The predicted octanol–water partition coefficient (Wildman–Crippen LogP) is 2.87. The third-order valence-corrected chi connectivity index (χ3v) is 8.06. The molecule has 2 fully saturated rings. The van der Waals surface area contributed by atoms with Gasteiger partial charge in [0.05, 0.1) is 5.69 Å². The number of hydrogen-bond donors (Lipinski definition) is 1. The molecule has 1 N–H and O–H groups in total. The molecule has 6 nitrogen and oxygen atoms in total. The normalized spacial score (nSPS) is 24.8. The van der Waals surface area contributed by atoms with Crippen LogP contribution in [0.15, 0.2) is 36.4 Å². The number of fused-ring (bicyclic) bond motifs is 2. The molecule has 0 amide bonds. The maximum Gasteiger partial charge on any atom is 0.216 e. The van der Waals surface area contributed by atoms with E-state index in [4.69, 9.17) is 4.74 Å². The number of aromatic nitrogens is 3. The maximum absolute atomic E-state index is 15.3. The molecule has 2 aliphatic rings. The van der Waals surface area contributed by atoms with Crippen molar-refractivity contribution in [2.45, 2.75) is 57.3 Å². The Labute approximate surface area is 225 Å². The molecule has 5 rings (SSSR count). The molecular formula is C27H33B3F2N4O2. The molecule has 3 aromatic rings. The average Bonchev–Trinajstić information content (AvgIpc) is 3.04. The van der Waals surface area contributed by atoms with Crippen molar-refractivity contribution < 1.29 is 18.6 Å². The molecule has 2 aromatic heterocycles. The topological polar surface area (TPSA) is 71.4 Å². The van der Waals surface area contributed by atoms with Crippen molar-refractivity contribution in [2.75, 3.05) is 11.9 Å². The van der Waals surface area contributed by atoms with Gasteiger partial charge >= 0.3 is 0 Å². The smallest absolute Gasteiger partial charge is 0.216 e. The number of hydrogen-bond acceptors (Lipinski definition) is 6. The number of ether oxygens (including phenoxy) is 1. The van der Waals surface area contributed by atoms with E-state index in [-0.39, 0.29) is 28.3 Å². The number of aromatic hydroxyl groups is 1. The zero-order valence-electron chi connectivity index (χ0n) is 23.0. The van der Waals surface area contributed by atoms with Gasteiger partial charge in [0.15, 0.2) is 5.82 Å². The SMILES string of the molecule is BC(B)(B)Oc1cc(-c2cc(O)c(-c3ccc(N(C)[C@H]4C[C@]5(C)CC[C@](C)(C4)C5)nn3)cc2F)cc(F)n1. The van der Waals surface area contributed by atoms with E-state index in [9.17, 15) is 9.50 Å². The van der Waals surface area contributed by atoms with E-state index in [2.05, 4.69) is 41.0 Å². The van der Waals surface area contributed by atoms with Gasteiger partial charge in [0.1, 0.15) is 35.1 Å². The molecule has 0 radical (unpaired) electrons. The molecule has 3 atom stereocenters. The van der Waals surface area contributed by atoms with Crippen LogP contribution >= 0.6 is 0 Å². The van der Waals surface area contributed by atoms with E-state index < -0.39 is 17.1 Å². The number of phenolic OH excluding ortho intramolecular Hbond substituents is 1. The number of halogens is 2. The zero-order valence-corrected chi connectivity index (χ0v) is 23.0. The van der Waals surface area contributed by atoms with Crippen molar-refractivity contribution in [3.8, 4) is 34.0 Å². The second kappa shape index (κ2) is 9.28. The molecule has 38 heavy (non-hydrogen) atoms. The summed E-state index contributed by atoms with van der Waals surface area (Å²) in [5, 5.41) is 18.9. The minimum absolute atomic E-state index is 0.0320. The molecule has 0 aliphatic heterocycles. The minimum atomic E-state index is -0.802. The number of nitrogens with zero attached hydrogens (tertiary/aromatic N) is 4. The third-order valence-electron chi connectivity index (χ3n) is 8.06. The van der Waals surface area contributed by atoms with Gasteiger partial charge in [-0.3, -0.25) is 0 Å². The lowest BCUT2D eigenvalue weighted by atomic mass is 9.52. The van der Waals surface area contributed by atoms with Gasteiger partial charge < -0.3 is 14.7 Å². The predicted molar refractivity (Wildman–Crippen MR) is 153 cm³/mol. The second-order valence-corrected chi connectivity index (χ2v) is 12.8. The van der Waals surface area contributed by atoms with E-state index in [1.807, 2.05) is 29.6 Å². The lowest BCUT2D eigenvalue weighted by Gasteiger charge is -2.44. The van der Waals surface area contributed by atoms with E-state index in [0.717, 1.165) is 24.7 Å². The molecule has 2 bridgehead atoms. The lowest BCUT2D eigenvalue weighted by molar-refractivity contribution is 0.148. The van der Waals surface area contributed by atoms with Gasteiger partial charge in [0, 0.05) is 41.6 Å². The molecular weight excluding hydrogens is 483 g/mol. The van der Waals surface area contributed by atoms with Crippen LogP contribution in [0, 0.1) is 22.6 Å². The van der Waals surface area contributed by atoms with Crippen molar-refractivity contribution in [1.29, 1.82) is 0 Å². The van der Waals surface area contributed by atoms with Crippen molar-refractivity contribution in [3.05, 3.63) is 48.2 Å². The van der Waals surface area contributed by atoms with Crippen molar-refractivity contribution >= 4 is 29.4 Å². The third kappa shape index (κ3) is 5.38. The standard InChI is InChI=1S/C27H33B3F2N4O2/c1-25-6-7-26(2,14-25)13-16(12-25)36(3)23-5-4-20(34-35-23)18-10-19(31)17(11-21(18)37)15-8-22(32)33-24(9-15)38-27(28,29)30/h4-5,8-11,16,37H,6-7,12-14,28-30H2,1-3H3/t16-,25-,26+. The summed E-state index contributed by atoms with van der Waals surface area (Å²) in [7, 11) is 7.49.